The highest BCUT2D eigenvalue weighted by Crippen LogP contribution is 2.46. The highest BCUT2D eigenvalue weighted by molar-refractivity contribution is 7.92. The topological polar surface area (TPSA) is 71.5 Å². The Kier molecular flexibility index (Phi) is 4.24. The minimum Gasteiger partial charge on any atom is -0.294 e. The molecule has 7 heteroatoms. The van der Waals surface area contributed by atoms with Crippen molar-refractivity contribution in [3.63, 3.8) is 0 Å². The first-order chi connectivity index (χ1) is 13.4. The Balaban J connectivity index is 1.70. The van der Waals surface area contributed by atoms with Crippen molar-refractivity contribution in [1.29, 1.82) is 0 Å². The molecule has 0 bridgehead atoms. The third-order valence-corrected chi connectivity index (χ3v) is 8.06. The lowest BCUT2D eigenvalue weighted by atomic mass is 9.83. The van der Waals surface area contributed by atoms with Crippen molar-refractivity contribution in [3.8, 4) is 0 Å². The van der Waals surface area contributed by atoms with E-state index in [9.17, 15) is 22.4 Å². The average molecular weight is 415 g/mol. The molecule has 1 fully saturated rings. The molecule has 0 radical (unpaired) electrons. The van der Waals surface area contributed by atoms with Gasteiger partial charge in [-0.25, -0.2) is 12.8 Å². The first kappa shape index (κ1) is 19.8. The summed E-state index contributed by atoms with van der Waals surface area (Å²) in [5.74, 6) is -0.885. The second kappa shape index (κ2) is 6.23. The number of halogens is 1. The van der Waals surface area contributed by atoms with Crippen LogP contribution in [-0.4, -0.2) is 31.6 Å². The van der Waals surface area contributed by atoms with Gasteiger partial charge in [-0.15, -0.1) is 0 Å². The van der Waals surface area contributed by atoms with E-state index >= 15 is 0 Å². The second-order valence-electron chi connectivity index (χ2n) is 8.89. The third kappa shape index (κ3) is 3.17. The molecule has 152 valence electrons. The number of rotatable bonds is 4. The molecule has 0 unspecified atom stereocenters. The van der Waals surface area contributed by atoms with Crippen LogP contribution in [0.5, 0.6) is 0 Å². The fourth-order valence-electron chi connectivity index (χ4n) is 4.39. The number of amides is 1. The lowest BCUT2D eigenvalue weighted by Gasteiger charge is -2.37. The van der Waals surface area contributed by atoms with Gasteiger partial charge in [0.1, 0.15) is 5.82 Å². The van der Waals surface area contributed by atoms with Gasteiger partial charge in [-0.05, 0) is 49.7 Å². The fourth-order valence-corrected chi connectivity index (χ4v) is 6.64. The smallest absolute Gasteiger partial charge is 0.241 e. The van der Waals surface area contributed by atoms with Crippen LogP contribution in [0.1, 0.15) is 43.1 Å². The normalized spacial score (nSPS) is 20.8. The van der Waals surface area contributed by atoms with Crippen molar-refractivity contribution in [2.75, 3.05) is 16.4 Å². The Labute approximate surface area is 169 Å². The number of sulfone groups is 1. The molecule has 2 heterocycles. The maximum absolute atomic E-state index is 14.4. The number of carbonyl (C=O) groups excluding carboxylic acids is 2. The maximum atomic E-state index is 14.4. The zero-order valence-corrected chi connectivity index (χ0v) is 17.3. The second-order valence-corrected chi connectivity index (χ2v) is 11.0. The summed E-state index contributed by atoms with van der Waals surface area (Å²) in [6, 6.07) is 11.1. The Morgan fingerprint density at radius 1 is 1.07 bits per heavy atom. The lowest BCUT2D eigenvalue weighted by Crippen LogP contribution is -2.47. The van der Waals surface area contributed by atoms with E-state index < -0.39 is 26.5 Å². The summed E-state index contributed by atoms with van der Waals surface area (Å²) < 4.78 is 37.4. The molecule has 2 aromatic carbocycles. The van der Waals surface area contributed by atoms with Gasteiger partial charge < -0.3 is 0 Å². The van der Waals surface area contributed by atoms with E-state index in [-0.39, 0.29) is 35.3 Å². The van der Waals surface area contributed by atoms with Gasteiger partial charge in [0.25, 0.3) is 0 Å². The van der Waals surface area contributed by atoms with E-state index in [1.807, 2.05) is 0 Å². The van der Waals surface area contributed by atoms with Gasteiger partial charge >= 0.3 is 0 Å². The van der Waals surface area contributed by atoms with Gasteiger partial charge in [-0.2, -0.15) is 0 Å². The predicted molar refractivity (Wildman–Crippen MR) is 109 cm³/mol. The molecule has 0 atom stereocenters. The molecule has 1 saturated heterocycles. The molecular weight excluding hydrogens is 393 g/mol. The van der Waals surface area contributed by atoms with Gasteiger partial charge in [-0.1, -0.05) is 19.1 Å². The molecule has 2 aromatic rings. The van der Waals surface area contributed by atoms with Crippen molar-refractivity contribution in [2.24, 2.45) is 5.41 Å². The lowest BCUT2D eigenvalue weighted by molar-refractivity contribution is -0.121. The number of fused-ring (bicyclic) bond motifs is 1. The van der Waals surface area contributed by atoms with Crippen LogP contribution in [0, 0.1) is 11.2 Å². The molecule has 0 aromatic heterocycles. The minimum atomic E-state index is -3.03. The number of nitrogens with zero attached hydrogens (tertiary/aromatic N) is 1. The summed E-state index contributed by atoms with van der Waals surface area (Å²) in [5, 5.41) is 0. The molecule has 0 saturated carbocycles. The molecular formula is C22H22FNO4S. The van der Waals surface area contributed by atoms with E-state index in [1.54, 1.807) is 57.2 Å². The number of Topliss-reactive ketones (excluding diaryl/α,β-unsaturated/α-hetero) is 1. The van der Waals surface area contributed by atoms with Gasteiger partial charge in [0.2, 0.25) is 5.91 Å². The van der Waals surface area contributed by atoms with Crippen LogP contribution in [-0.2, 0) is 20.0 Å². The maximum Gasteiger partial charge on any atom is 0.241 e. The first-order valence-corrected chi connectivity index (χ1v) is 11.2. The molecule has 2 aliphatic rings. The van der Waals surface area contributed by atoms with E-state index in [0.717, 1.165) is 0 Å². The SMILES string of the molecule is CC1(CC(=O)c2ccc3c(c2)C(C)(C)C(=O)N3c2ccccc2F)CS(=O)(=O)C1. The molecule has 0 spiro atoms. The summed E-state index contributed by atoms with van der Waals surface area (Å²) in [6.45, 7) is 5.30. The van der Waals surface area contributed by atoms with Gasteiger partial charge in [0, 0.05) is 17.4 Å². The Morgan fingerprint density at radius 2 is 1.72 bits per heavy atom. The van der Waals surface area contributed by atoms with Gasteiger partial charge in [0.15, 0.2) is 15.6 Å². The van der Waals surface area contributed by atoms with Crippen molar-refractivity contribution >= 4 is 32.9 Å². The van der Waals surface area contributed by atoms with Crippen LogP contribution < -0.4 is 4.90 Å². The van der Waals surface area contributed by atoms with Crippen LogP contribution >= 0.6 is 0 Å². The number of para-hydroxylation sites is 1. The molecule has 0 aliphatic carbocycles. The number of carbonyl (C=O) groups is 2. The van der Waals surface area contributed by atoms with E-state index in [1.165, 1.54) is 11.0 Å². The third-order valence-electron chi connectivity index (χ3n) is 5.79. The standard InChI is InChI=1S/C22H22FNO4S/c1-21(2)15-10-14(19(25)11-22(3)12-29(27,28)13-22)8-9-17(15)24(20(21)26)18-7-5-4-6-16(18)23/h4-10H,11-13H2,1-3H3. The van der Waals surface area contributed by atoms with Crippen molar-refractivity contribution in [2.45, 2.75) is 32.6 Å². The summed E-state index contributed by atoms with van der Waals surface area (Å²) in [5.41, 5.74) is 0.361. The quantitative estimate of drug-likeness (QED) is 0.713. The van der Waals surface area contributed by atoms with E-state index in [0.29, 0.717) is 16.8 Å². The zero-order chi connectivity index (χ0) is 21.2. The van der Waals surface area contributed by atoms with Crippen molar-refractivity contribution in [3.05, 3.63) is 59.4 Å². The number of hydrogen-bond acceptors (Lipinski definition) is 4. The van der Waals surface area contributed by atoms with Crippen molar-refractivity contribution in [1.82, 2.24) is 0 Å². The summed E-state index contributed by atoms with van der Waals surface area (Å²) in [6.07, 6.45) is 0.135. The Hall–Kier alpha value is -2.54. The fraction of sp³-hybridized carbons (Fsp3) is 0.364. The van der Waals surface area contributed by atoms with Crippen LogP contribution in [0.4, 0.5) is 15.8 Å². The molecule has 4 rings (SSSR count). The van der Waals surface area contributed by atoms with Crippen LogP contribution in [0.3, 0.4) is 0 Å². The Morgan fingerprint density at radius 3 is 2.34 bits per heavy atom. The minimum absolute atomic E-state index is 0.0156. The average Bonchev–Trinajstić information content (AvgIpc) is 2.80. The van der Waals surface area contributed by atoms with E-state index in [2.05, 4.69) is 0 Å². The van der Waals surface area contributed by atoms with Crippen LogP contribution in [0.25, 0.3) is 0 Å². The monoisotopic (exact) mass is 415 g/mol. The predicted octanol–water partition coefficient (Wildman–Crippen LogP) is 3.79. The van der Waals surface area contributed by atoms with Gasteiger partial charge in [0.05, 0.1) is 28.3 Å². The molecule has 1 amide bonds. The summed E-state index contributed by atoms with van der Waals surface area (Å²) in [4.78, 5) is 27.2. The van der Waals surface area contributed by atoms with Crippen molar-refractivity contribution < 1.29 is 22.4 Å². The zero-order valence-electron chi connectivity index (χ0n) is 16.5. The van der Waals surface area contributed by atoms with E-state index in [4.69, 9.17) is 0 Å². The van der Waals surface area contributed by atoms with Crippen LogP contribution in [0.2, 0.25) is 0 Å². The number of ketones is 1. The van der Waals surface area contributed by atoms with Gasteiger partial charge in [-0.3, -0.25) is 14.5 Å². The highest BCUT2D eigenvalue weighted by atomic mass is 32.2. The number of anilines is 2. The molecule has 0 N–H and O–H groups in total. The van der Waals surface area contributed by atoms with Crippen LogP contribution in [0.15, 0.2) is 42.5 Å². The molecule has 2 aliphatic heterocycles. The first-order valence-electron chi connectivity index (χ1n) is 9.41. The largest absolute Gasteiger partial charge is 0.294 e. The summed E-state index contributed by atoms with van der Waals surface area (Å²) >= 11 is 0. The number of benzene rings is 2. The molecule has 5 nitrogen and oxygen atoms in total. The summed E-state index contributed by atoms with van der Waals surface area (Å²) in [7, 11) is -3.03. The highest BCUT2D eigenvalue weighted by Gasteiger charge is 2.47. The number of hydrogen-bond donors (Lipinski definition) is 0. The Bertz CT molecular complexity index is 1140. The molecule has 29 heavy (non-hydrogen) atoms.